The van der Waals surface area contributed by atoms with Crippen LogP contribution in [0.1, 0.15) is 5.82 Å². The van der Waals surface area contributed by atoms with Gasteiger partial charge < -0.3 is 25.8 Å². The number of oxime groups is 1. The summed E-state index contributed by atoms with van der Waals surface area (Å²) in [6.07, 6.45) is 4.96. The fourth-order valence-corrected chi connectivity index (χ4v) is 5.93. The number of carbonyl (C=O) groups excluding carboxylic acids is 3. The minimum absolute atomic E-state index is 0.0596. The third-order valence-electron chi connectivity index (χ3n) is 5.37. The number of carbonyl (C=O) groups is 3. The van der Waals surface area contributed by atoms with Gasteiger partial charge in [0.05, 0.1) is 16.9 Å². The molecule has 3 N–H and O–H groups in total. The average molecular weight is 550 g/mol. The Labute approximate surface area is 215 Å². The number of rotatable bonds is 7. The van der Waals surface area contributed by atoms with Gasteiger partial charge in [0.1, 0.15) is 31.3 Å². The smallest absolute Gasteiger partial charge is 0.307 e. The molecule has 1 saturated heterocycles. The summed E-state index contributed by atoms with van der Waals surface area (Å²) in [7, 11) is 1.24. The van der Waals surface area contributed by atoms with Crippen molar-refractivity contribution in [1.29, 1.82) is 0 Å². The van der Waals surface area contributed by atoms with E-state index in [0.717, 1.165) is 22.1 Å². The quantitative estimate of drug-likeness (QED) is 0.147. The van der Waals surface area contributed by atoms with E-state index in [0.29, 0.717) is 11.7 Å². The number of nitrogens with two attached hydrogens (primary N) is 1. The minimum atomic E-state index is -1.49. The molecule has 2 aliphatic heterocycles. The van der Waals surface area contributed by atoms with Crippen molar-refractivity contribution in [1.82, 2.24) is 29.2 Å². The summed E-state index contributed by atoms with van der Waals surface area (Å²) in [4.78, 5) is 47.3. The van der Waals surface area contributed by atoms with E-state index in [-0.39, 0.29) is 27.6 Å². The topological polar surface area (TPSA) is 184 Å². The van der Waals surface area contributed by atoms with Gasteiger partial charge in [0.15, 0.2) is 16.5 Å². The summed E-state index contributed by atoms with van der Waals surface area (Å²) < 4.78 is 7.41. The molecule has 5 rings (SSSR count). The highest BCUT2D eigenvalue weighted by atomic mass is 35.5. The predicted octanol–water partition coefficient (Wildman–Crippen LogP) is -1.84. The minimum Gasteiger partial charge on any atom is -0.543 e. The number of amides is 2. The maximum Gasteiger partial charge on any atom is 0.307 e. The molecule has 14 nitrogen and oxygen atoms in total. The first-order valence-electron chi connectivity index (χ1n) is 10.2. The van der Waals surface area contributed by atoms with Gasteiger partial charge >= 0.3 is 5.65 Å². The number of fused-ring (bicyclic) bond motifs is 2. The van der Waals surface area contributed by atoms with Crippen LogP contribution in [0.25, 0.3) is 5.65 Å². The zero-order valence-corrected chi connectivity index (χ0v) is 20.7. The number of nitrogens with zero attached hydrogens (tertiary/aromatic N) is 7. The predicted molar refractivity (Wildman–Crippen MR) is 125 cm³/mol. The van der Waals surface area contributed by atoms with Gasteiger partial charge in [0.25, 0.3) is 11.8 Å². The number of imidazole rings is 1. The second-order valence-electron chi connectivity index (χ2n) is 7.55. The van der Waals surface area contributed by atoms with Crippen LogP contribution in [0.4, 0.5) is 5.13 Å². The SMILES string of the molecule is CO/N=C(\C(=O)N[C@@H]1C(=O)N2C(C(=O)[O-])=CC(C[n+]3ccn4nc(Cl)ccc43)S[C@H]12)c1nsc(N)n1. The molecular formula is C19H16ClN9O5S2. The standard InChI is InChI=1S/C19H16ClN9O5S2/c1-34-25-12(14-23-19(21)36-26-14)15(30)22-13-16(31)29-9(18(32)33)6-8(35-17(13)29)7-27-4-5-28-11(27)3-2-10(20)24-28/h2-6,8,13,17H,7H2,1H3,(H3-,21,22,23,26,30,32,33)/b25-12-/t8?,13-,17-/m1/s1. The number of nitrogen functional groups attached to an aromatic ring is 1. The van der Waals surface area contributed by atoms with E-state index in [1.165, 1.54) is 24.9 Å². The van der Waals surface area contributed by atoms with Gasteiger partial charge in [-0.25, -0.2) is 4.57 Å². The average Bonchev–Trinajstić information content (AvgIpc) is 3.45. The molecule has 2 aliphatic rings. The van der Waals surface area contributed by atoms with E-state index in [4.69, 9.17) is 22.2 Å². The number of aliphatic carboxylic acids is 1. The number of nitrogens with one attached hydrogen (secondary N) is 1. The van der Waals surface area contributed by atoms with E-state index in [9.17, 15) is 19.5 Å². The Morgan fingerprint density at radius 2 is 2.22 bits per heavy atom. The van der Waals surface area contributed by atoms with Crippen molar-refractivity contribution in [2.24, 2.45) is 5.16 Å². The van der Waals surface area contributed by atoms with Crippen molar-refractivity contribution in [3.8, 4) is 0 Å². The largest absolute Gasteiger partial charge is 0.543 e. The molecule has 0 radical (unpaired) electrons. The van der Waals surface area contributed by atoms with Crippen LogP contribution in [-0.4, -0.2) is 71.1 Å². The summed E-state index contributed by atoms with van der Waals surface area (Å²) in [5.74, 6) is -2.92. The fraction of sp³-hybridized carbons (Fsp3) is 0.263. The molecule has 0 aromatic carbocycles. The number of hydrogen-bond donors (Lipinski definition) is 2. The van der Waals surface area contributed by atoms with Gasteiger partial charge in [-0.15, -0.1) is 11.8 Å². The Kier molecular flexibility index (Phi) is 6.23. The number of carboxylic acids is 1. The molecule has 1 unspecified atom stereocenters. The van der Waals surface area contributed by atoms with E-state index in [2.05, 4.69) is 24.9 Å². The number of hydrogen-bond acceptors (Lipinski definition) is 12. The summed E-state index contributed by atoms with van der Waals surface area (Å²) in [5.41, 5.74) is 5.79. The lowest BCUT2D eigenvalue weighted by Crippen LogP contribution is -2.72. The number of carboxylic acid groups (broad SMARTS) is 1. The lowest BCUT2D eigenvalue weighted by molar-refractivity contribution is -0.669. The maximum absolute atomic E-state index is 12.9. The Morgan fingerprint density at radius 3 is 2.92 bits per heavy atom. The van der Waals surface area contributed by atoms with Crippen molar-refractivity contribution < 1.29 is 28.9 Å². The number of anilines is 1. The zero-order chi connectivity index (χ0) is 25.6. The zero-order valence-electron chi connectivity index (χ0n) is 18.3. The number of halogens is 1. The first-order chi connectivity index (χ1) is 17.3. The van der Waals surface area contributed by atoms with Crippen LogP contribution in [0.5, 0.6) is 0 Å². The van der Waals surface area contributed by atoms with Gasteiger partial charge in [-0.05, 0) is 12.1 Å². The molecule has 0 saturated carbocycles. The Hall–Kier alpha value is -3.76. The maximum atomic E-state index is 12.9. The normalized spacial score (nSPS) is 21.6. The van der Waals surface area contributed by atoms with Gasteiger partial charge in [0.2, 0.25) is 11.5 Å². The molecule has 5 heterocycles. The van der Waals surface area contributed by atoms with Crippen LogP contribution < -0.4 is 20.7 Å². The Morgan fingerprint density at radius 1 is 1.42 bits per heavy atom. The lowest BCUT2D eigenvalue weighted by Gasteiger charge is -2.50. The second-order valence-corrected chi connectivity index (χ2v) is 10.1. The lowest BCUT2D eigenvalue weighted by atomic mass is 10.0. The molecule has 0 spiro atoms. The third kappa shape index (κ3) is 4.22. The summed E-state index contributed by atoms with van der Waals surface area (Å²) >= 11 is 8.12. The molecule has 186 valence electrons. The van der Waals surface area contributed by atoms with Gasteiger partial charge in [-0.2, -0.15) is 9.36 Å². The molecule has 17 heteroatoms. The highest BCUT2D eigenvalue weighted by Gasteiger charge is 2.53. The highest BCUT2D eigenvalue weighted by Crippen LogP contribution is 2.41. The van der Waals surface area contributed by atoms with Crippen molar-refractivity contribution >= 4 is 69.2 Å². The summed E-state index contributed by atoms with van der Waals surface area (Å²) in [5, 5.41) is 21.6. The molecule has 1 fully saturated rings. The number of β-lactam (4-membered cyclic amide) rings is 1. The van der Waals surface area contributed by atoms with Crippen LogP contribution in [0.3, 0.4) is 0 Å². The van der Waals surface area contributed by atoms with Crippen LogP contribution in [0.2, 0.25) is 5.15 Å². The van der Waals surface area contributed by atoms with E-state index < -0.39 is 29.2 Å². The van der Waals surface area contributed by atoms with Crippen molar-refractivity contribution in [3.05, 3.63) is 47.3 Å². The van der Waals surface area contributed by atoms with Gasteiger partial charge in [0, 0.05) is 17.6 Å². The number of thioether (sulfide) groups is 1. The molecular weight excluding hydrogens is 534 g/mol. The first kappa shape index (κ1) is 24.0. The van der Waals surface area contributed by atoms with Crippen molar-refractivity contribution in [3.63, 3.8) is 0 Å². The molecule has 0 bridgehead atoms. The van der Waals surface area contributed by atoms with Crippen LogP contribution >= 0.6 is 34.9 Å². The van der Waals surface area contributed by atoms with Crippen LogP contribution in [0.15, 0.2) is 41.5 Å². The fourth-order valence-electron chi connectivity index (χ4n) is 3.86. The second kappa shape index (κ2) is 9.36. The Balaban J connectivity index is 1.37. The molecule has 2 amide bonds. The molecule has 3 aromatic rings. The van der Waals surface area contributed by atoms with Gasteiger partial charge in [-0.1, -0.05) is 26.4 Å². The molecule has 0 aliphatic carbocycles. The first-order valence-corrected chi connectivity index (χ1v) is 12.3. The summed E-state index contributed by atoms with van der Waals surface area (Å²) in [6, 6.07) is 2.40. The van der Waals surface area contributed by atoms with E-state index in [1.807, 2.05) is 4.57 Å². The third-order valence-corrected chi connectivity index (χ3v) is 7.51. The molecule has 3 aromatic heterocycles. The summed E-state index contributed by atoms with van der Waals surface area (Å²) in [6.45, 7) is 0.360. The molecule has 36 heavy (non-hydrogen) atoms. The van der Waals surface area contributed by atoms with E-state index in [1.54, 1.807) is 29.0 Å². The highest BCUT2D eigenvalue weighted by molar-refractivity contribution is 8.00. The van der Waals surface area contributed by atoms with Gasteiger partial charge in [-0.3, -0.25) is 14.5 Å². The Bertz CT molecular complexity index is 1450. The van der Waals surface area contributed by atoms with Crippen LogP contribution in [0, 0.1) is 0 Å². The monoisotopic (exact) mass is 549 g/mol. The van der Waals surface area contributed by atoms with E-state index >= 15 is 0 Å². The van der Waals surface area contributed by atoms with Crippen molar-refractivity contribution in [2.45, 2.75) is 23.2 Å². The van der Waals surface area contributed by atoms with Crippen molar-refractivity contribution in [2.75, 3.05) is 12.8 Å². The molecule has 3 atom stereocenters. The van der Waals surface area contributed by atoms with Crippen LogP contribution in [-0.2, 0) is 25.8 Å². The number of aromatic nitrogens is 5.